The van der Waals surface area contributed by atoms with Gasteiger partial charge in [-0.1, -0.05) is 65.6 Å². The maximum atomic E-state index is 5.27. The van der Waals surface area contributed by atoms with Crippen LogP contribution in [0, 0.1) is 6.92 Å². The summed E-state index contributed by atoms with van der Waals surface area (Å²) in [6, 6.07) is 24.2. The molecule has 0 fully saturated rings. The third-order valence-corrected chi connectivity index (χ3v) is 4.27. The summed E-state index contributed by atoms with van der Waals surface area (Å²) in [5.41, 5.74) is 11.9. The van der Waals surface area contributed by atoms with Gasteiger partial charge in [0.25, 0.3) is 0 Å². The van der Waals surface area contributed by atoms with E-state index in [0.717, 1.165) is 33.8 Å². The number of methoxy groups -OCH3 is 2. The smallest absolute Gasteiger partial charge is 0.118 e. The number of rotatable bonds is 5. The summed E-state index contributed by atoms with van der Waals surface area (Å²) in [7, 11) is 3.33. The molecule has 2 nitrogen and oxygen atoms in total. The van der Waals surface area contributed by atoms with Gasteiger partial charge in [0.2, 0.25) is 0 Å². The summed E-state index contributed by atoms with van der Waals surface area (Å²) < 4.78 is 10.5. The van der Waals surface area contributed by atoms with Crippen LogP contribution < -0.4 is 9.47 Å². The van der Waals surface area contributed by atoms with Crippen molar-refractivity contribution in [2.75, 3.05) is 14.2 Å². The van der Waals surface area contributed by atoms with Crippen LogP contribution in [0.4, 0.5) is 0 Å². The zero-order valence-corrected chi connectivity index (χ0v) is 15.8. The summed E-state index contributed by atoms with van der Waals surface area (Å²) in [5, 5.41) is 0. The van der Waals surface area contributed by atoms with Gasteiger partial charge >= 0.3 is 0 Å². The first-order chi connectivity index (χ1) is 13.2. The van der Waals surface area contributed by atoms with Gasteiger partial charge in [0.15, 0.2) is 0 Å². The van der Waals surface area contributed by atoms with E-state index in [1.54, 1.807) is 14.2 Å². The van der Waals surface area contributed by atoms with Gasteiger partial charge in [-0.2, -0.15) is 0 Å². The van der Waals surface area contributed by atoms with Crippen LogP contribution in [0.25, 0.3) is 11.6 Å². The first kappa shape index (κ1) is 18.4. The van der Waals surface area contributed by atoms with Crippen LogP contribution in [0.2, 0.25) is 0 Å². The highest BCUT2D eigenvalue weighted by molar-refractivity contribution is 5.80. The monoisotopic (exact) mass is 354 g/mol. The second-order valence-electron chi connectivity index (χ2n) is 6.16. The van der Waals surface area contributed by atoms with E-state index in [9.17, 15) is 0 Å². The molecule has 3 rings (SSSR count). The number of hydrogen-bond donors (Lipinski definition) is 0. The molecule has 134 valence electrons. The van der Waals surface area contributed by atoms with Gasteiger partial charge in [0.05, 0.1) is 14.2 Å². The van der Waals surface area contributed by atoms with Crippen molar-refractivity contribution >= 4 is 11.6 Å². The molecule has 0 amide bonds. The summed E-state index contributed by atoms with van der Waals surface area (Å²) in [6.45, 7) is 2.08. The molecule has 0 spiro atoms. The highest BCUT2D eigenvalue weighted by Crippen LogP contribution is 2.26. The Bertz CT molecular complexity index is 932. The van der Waals surface area contributed by atoms with Crippen molar-refractivity contribution in [1.82, 2.24) is 0 Å². The molecule has 27 heavy (non-hydrogen) atoms. The van der Waals surface area contributed by atoms with Crippen molar-refractivity contribution in [3.63, 3.8) is 0 Å². The maximum Gasteiger partial charge on any atom is 0.118 e. The normalized spacial score (nSPS) is 9.74. The Morgan fingerprint density at radius 2 is 1.19 bits per heavy atom. The van der Waals surface area contributed by atoms with E-state index in [-0.39, 0.29) is 0 Å². The lowest BCUT2D eigenvalue weighted by Gasteiger charge is -2.07. The van der Waals surface area contributed by atoms with E-state index < -0.39 is 0 Å². The van der Waals surface area contributed by atoms with Crippen molar-refractivity contribution in [2.45, 2.75) is 6.92 Å². The lowest BCUT2D eigenvalue weighted by Crippen LogP contribution is -1.89. The zero-order valence-electron chi connectivity index (χ0n) is 15.8. The third kappa shape index (κ3) is 4.80. The third-order valence-electron chi connectivity index (χ3n) is 4.27. The van der Waals surface area contributed by atoms with Crippen LogP contribution >= 0.6 is 0 Å². The van der Waals surface area contributed by atoms with Crippen LogP contribution in [0.5, 0.6) is 11.5 Å². The van der Waals surface area contributed by atoms with Gasteiger partial charge in [-0.15, -0.1) is 0 Å². The van der Waals surface area contributed by atoms with Crippen molar-refractivity contribution in [3.8, 4) is 11.5 Å². The Kier molecular flexibility index (Phi) is 5.97. The quantitative estimate of drug-likeness (QED) is 0.530. The summed E-state index contributed by atoms with van der Waals surface area (Å²) in [6.07, 6.45) is 1.94. The second-order valence-corrected chi connectivity index (χ2v) is 6.16. The Balaban J connectivity index is 2.07. The maximum absolute atomic E-state index is 5.27. The average molecular weight is 354 g/mol. The number of benzene rings is 3. The molecule has 0 heterocycles. The van der Waals surface area contributed by atoms with E-state index in [1.807, 2.05) is 54.6 Å². The number of ether oxygens (including phenoxy) is 2. The van der Waals surface area contributed by atoms with Gasteiger partial charge < -0.3 is 9.47 Å². The van der Waals surface area contributed by atoms with Gasteiger partial charge in [-0.05, 0) is 54.0 Å². The van der Waals surface area contributed by atoms with E-state index >= 15 is 0 Å². The minimum absolute atomic E-state index is 0.826. The Morgan fingerprint density at radius 1 is 0.704 bits per heavy atom. The fourth-order valence-corrected chi connectivity index (χ4v) is 2.68. The van der Waals surface area contributed by atoms with Crippen molar-refractivity contribution < 1.29 is 9.47 Å². The Hall–Kier alpha value is -3.44. The fourth-order valence-electron chi connectivity index (χ4n) is 2.68. The van der Waals surface area contributed by atoms with Gasteiger partial charge in [-0.3, -0.25) is 0 Å². The molecule has 0 N–H and O–H groups in total. The van der Waals surface area contributed by atoms with Crippen molar-refractivity contribution in [3.05, 3.63) is 107 Å². The lowest BCUT2D eigenvalue weighted by molar-refractivity contribution is 0.414. The summed E-state index contributed by atoms with van der Waals surface area (Å²) in [4.78, 5) is 0. The molecule has 3 aromatic rings. The molecule has 0 aliphatic heterocycles. The van der Waals surface area contributed by atoms with Crippen LogP contribution in [0.3, 0.4) is 0 Å². The first-order valence-electron chi connectivity index (χ1n) is 8.77. The van der Waals surface area contributed by atoms with E-state index in [2.05, 4.69) is 42.7 Å². The molecule has 0 unspecified atom stereocenters. The molecular weight excluding hydrogens is 332 g/mol. The zero-order chi connectivity index (χ0) is 19.1. The molecular formula is C25H22O2. The van der Waals surface area contributed by atoms with E-state index in [4.69, 9.17) is 9.47 Å². The molecule has 0 saturated heterocycles. The largest absolute Gasteiger partial charge is 0.497 e. The molecule has 0 aliphatic carbocycles. The summed E-state index contributed by atoms with van der Waals surface area (Å²) in [5.74, 6) is 1.65. The van der Waals surface area contributed by atoms with Crippen LogP contribution in [0.1, 0.15) is 22.3 Å². The van der Waals surface area contributed by atoms with Gasteiger partial charge in [0, 0.05) is 5.57 Å². The molecule has 0 aromatic heterocycles. The average Bonchev–Trinajstić information content (AvgIpc) is 2.73. The topological polar surface area (TPSA) is 18.5 Å². The van der Waals surface area contributed by atoms with Gasteiger partial charge in [0.1, 0.15) is 11.5 Å². The van der Waals surface area contributed by atoms with Crippen LogP contribution in [-0.4, -0.2) is 14.2 Å². The number of hydrogen-bond acceptors (Lipinski definition) is 2. The molecule has 2 heteroatoms. The molecule has 0 aliphatic rings. The van der Waals surface area contributed by atoms with E-state index in [1.165, 1.54) is 5.56 Å². The van der Waals surface area contributed by atoms with E-state index in [0.29, 0.717) is 0 Å². The van der Waals surface area contributed by atoms with Crippen LogP contribution in [-0.2, 0) is 0 Å². The SMILES string of the molecule is COc1ccc(C(=C=C=Cc2ccc(C)cc2)c2ccc(OC)cc2)cc1. The summed E-state index contributed by atoms with van der Waals surface area (Å²) >= 11 is 0. The van der Waals surface area contributed by atoms with Crippen molar-refractivity contribution in [1.29, 1.82) is 0 Å². The fraction of sp³-hybridized carbons (Fsp3) is 0.120. The van der Waals surface area contributed by atoms with Gasteiger partial charge in [-0.25, -0.2) is 0 Å². The predicted molar refractivity (Wildman–Crippen MR) is 111 cm³/mol. The Labute approximate surface area is 160 Å². The standard InChI is InChI=1S/C25H22O2/c1-19-7-9-20(10-8-19)5-4-6-25(21-11-15-23(26-2)16-12-21)22-13-17-24(27-3)18-14-22/h5,7-18H,1-3H3. The predicted octanol–water partition coefficient (Wildman–Crippen LogP) is 5.91. The molecule has 3 aromatic carbocycles. The van der Waals surface area contributed by atoms with Crippen molar-refractivity contribution in [2.24, 2.45) is 0 Å². The second kappa shape index (κ2) is 8.78. The molecule has 0 bridgehead atoms. The molecule has 0 saturated carbocycles. The number of aryl methyl sites for hydroxylation is 1. The minimum Gasteiger partial charge on any atom is -0.497 e. The minimum atomic E-state index is 0.826. The molecule has 0 radical (unpaired) electrons. The first-order valence-corrected chi connectivity index (χ1v) is 8.77. The lowest BCUT2D eigenvalue weighted by atomic mass is 9.98. The highest BCUT2D eigenvalue weighted by atomic mass is 16.5. The highest BCUT2D eigenvalue weighted by Gasteiger charge is 2.05. The molecule has 0 atom stereocenters. The van der Waals surface area contributed by atoms with Crippen LogP contribution in [0.15, 0.2) is 84.3 Å². The Morgan fingerprint density at radius 3 is 1.63 bits per heavy atom.